The van der Waals surface area contributed by atoms with E-state index in [1.807, 2.05) is 0 Å². The van der Waals surface area contributed by atoms with Gasteiger partial charge in [0.15, 0.2) is 0 Å². The topological polar surface area (TPSA) is 106 Å². The van der Waals surface area contributed by atoms with Crippen LogP contribution >= 0.6 is 0 Å². The quantitative estimate of drug-likeness (QED) is 0.522. The normalized spacial score (nSPS) is 21.9. The zero-order valence-corrected chi connectivity index (χ0v) is 8.00. The van der Waals surface area contributed by atoms with E-state index in [1.165, 1.54) is 12.2 Å². The van der Waals surface area contributed by atoms with Gasteiger partial charge in [0.1, 0.15) is 6.04 Å². The lowest BCUT2D eigenvalue weighted by atomic mass is 9.93. The van der Waals surface area contributed by atoms with Crippen LogP contribution in [0, 0.1) is 16.0 Å². The molecule has 0 heterocycles. The first-order valence-corrected chi connectivity index (χ1v) is 4.52. The fourth-order valence-corrected chi connectivity index (χ4v) is 1.39. The summed E-state index contributed by atoms with van der Waals surface area (Å²) < 4.78 is 0. The minimum Gasteiger partial charge on any atom is -0.480 e. The van der Waals surface area contributed by atoms with Crippen LogP contribution in [0.3, 0.4) is 0 Å². The van der Waals surface area contributed by atoms with E-state index in [4.69, 9.17) is 10.8 Å². The number of nitrogens with two attached hydrogens (primary N) is 1. The van der Waals surface area contributed by atoms with Crippen molar-refractivity contribution in [2.45, 2.75) is 18.9 Å². The van der Waals surface area contributed by atoms with E-state index in [9.17, 15) is 14.9 Å². The highest BCUT2D eigenvalue weighted by Gasteiger charge is 2.20. The fraction of sp³-hybridized carbons (Fsp3) is 0.444. The number of carboxylic acids is 1. The second-order valence-corrected chi connectivity index (χ2v) is 3.42. The number of rotatable bonds is 4. The molecule has 0 aromatic heterocycles. The molecule has 0 fully saturated rings. The molecule has 0 bridgehead atoms. The molecule has 0 saturated heterocycles. The van der Waals surface area contributed by atoms with Crippen molar-refractivity contribution in [3.05, 3.63) is 34.0 Å². The second kappa shape index (κ2) is 4.70. The standard InChI is InChI=1S/C9H12N2O4/c10-8(9(12)13)5-6-1-3-7(4-2-6)11(14)15/h1,3-4,6,8H,2,5,10H2,(H,12,13)/t6?,8-/m0/s1. The van der Waals surface area contributed by atoms with Gasteiger partial charge in [-0.3, -0.25) is 14.9 Å². The first kappa shape index (κ1) is 11.4. The Labute approximate surface area is 86.2 Å². The molecule has 15 heavy (non-hydrogen) atoms. The number of aliphatic carboxylic acids is 1. The number of hydrogen-bond acceptors (Lipinski definition) is 4. The minimum atomic E-state index is -1.05. The van der Waals surface area contributed by atoms with Gasteiger partial charge in [-0.05, 0) is 24.8 Å². The van der Waals surface area contributed by atoms with Crippen molar-refractivity contribution in [1.82, 2.24) is 0 Å². The Kier molecular flexibility index (Phi) is 3.56. The third-order valence-corrected chi connectivity index (χ3v) is 2.25. The molecule has 0 aromatic carbocycles. The van der Waals surface area contributed by atoms with E-state index >= 15 is 0 Å². The minimum absolute atomic E-state index is 0.0280. The van der Waals surface area contributed by atoms with E-state index < -0.39 is 16.9 Å². The third-order valence-electron chi connectivity index (χ3n) is 2.25. The summed E-state index contributed by atoms with van der Waals surface area (Å²) >= 11 is 0. The van der Waals surface area contributed by atoms with Gasteiger partial charge in [-0.25, -0.2) is 0 Å². The lowest BCUT2D eigenvalue weighted by Crippen LogP contribution is -2.32. The van der Waals surface area contributed by atoms with Gasteiger partial charge in [-0.15, -0.1) is 0 Å². The molecule has 2 atom stereocenters. The number of carboxylic acid groups (broad SMARTS) is 1. The smallest absolute Gasteiger partial charge is 0.320 e. The van der Waals surface area contributed by atoms with Crippen molar-refractivity contribution in [3.63, 3.8) is 0 Å². The number of allylic oxidation sites excluding steroid dienone is 3. The molecule has 0 saturated carbocycles. The highest BCUT2D eigenvalue weighted by molar-refractivity contribution is 5.73. The molecule has 3 N–H and O–H groups in total. The summed E-state index contributed by atoms with van der Waals surface area (Å²) in [6.07, 6.45) is 5.28. The first-order valence-electron chi connectivity index (χ1n) is 4.52. The predicted octanol–water partition coefficient (Wildman–Crippen LogP) is 0.525. The summed E-state index contributed by atoms with van der Waals surface area (Å²) in [7, 11) is 0. The lowest BCUT2D eigenvalue weighted by Gasteiger charge is -2.15. The highest BCUT2D eigenvalue weighted by atomic mass is 16.6. The van der Waals surface area contributed by atoms with Gasteiger partial charge in [0, 0.05) is 6.08 Å². The van der Waals surface area contributed by atoms with Gasteiger partial charge in [0.2, 0.25) is 0 Å². The maximum Gasteiger partial charge on any atom is 0.320 e. The Hall–Kier alpha value is -1.69. The Morgan fingerprint density at radius 2 is 2.47 bits per heavy atom. The van der Waals surface area contributed by atoms with Crippen molar-refractivity contribution in [2.75, 3.05) is 0 Å². The van der Waals surface area contributed by atoms with Crippen LogP contribution in [0.5, 0.6) is 0 Å². The van der Waals surface area contributed by atoms with Gasteiger partial charge in [-0.1, -0.05) is 6.08 Å². The first-order chi connectivity index (χ1) is 7.00. The molecule has 82 valence electrons. The Bertz CT molecular complexity index is 335. The molecule has 1 aliphatic carbocycles. The highest BCUT2D eigenvalue weighted by Crippen LogP contribution is 2.20. The summed E-state index contributed by atoms with van der Waals surface area (Å²) in [5.41, 5.74) is 5.40. The maximum atomic E-state index is 10.5. The average molecular weight is 212 g/mol. The number of carbonyl (C=O) groups is 1. The number of nitrogens with zero attached hydrogens (tertiary/aromatic N) is 1. The van der Waals surface area contributed by atoms with Crippen LogP contribution in [0.4, 0.5) is 0 Å². The fourth-order valence-electron chi connectivity index (χ4n) is 1.39. The van der Waals surface area contributed by atoms with Gasteiger partial charge < -0.3 is 10.8 Å². The summed E-state index contributed by atoms with van der Waals surface area (Å²) in [6, 6.07) is -0.912. The van der Waals surface area contributed by atoms with Crippen LogP contribution in [0.2, 0.25) is 0 Å². The molecule has 0 amide bonds. The van der Waals surface area contributed by atoms with E-state index in [2.05, 4.69) is 0 Å². The maximum absolute atomic E-state index is 10.5. The molecule has 1 rings (SSSR count). The lowest BCUT2D eigenvalue weighted by molar-refractivity contribution is -0.419. The van der Waals surface area contributed by atoms with Crippen LogP contribution in [-0.4, -0.2) is 22.0 Å². The molecule has 0 aromatic rings. The molecular formula is C9H12N2O4. The largest absolute Gasteiger partial charge is 0.480 e. The molecular weight excluding hydrogens is 200 g/mol. The van der Waals surface area contributed by atoms with Crippen LogP contribution in [0.15, 0.2) is 23.9 Å². The third kappa shape index (κ3) is 3.17. The predicted molar refractivity (Wildman–Crippen MR) is 52.6 cm³/mol. The SMILES string of the molecule is N[C@@H](CC1C=CC([N+](=O)[O-])=CC1)C(=O)O. The number of nitro groups is 1. The summed E-state index contributed by atoms with van der Waals surface area (Å²) in [6.45, 7) is 0. The molecule has 1 unspecified atom stereocenters. The van der Waals surface area contributed by atoms with Gasteiger partial charge >= 0.3 is 5.97 Å². The molecule has 0 aliphatic heterocycles. The molecule has 0 radical (unpaired) electrons. The average Bonchev–Trinajstić information content (AvgIpc) is 2.18. The van der Waals surface area contributed by atoms with Crippen LogP contribution in [-0.2, 0) is 4.79 Å². The van der Waals surface area contributed by atoms with Crippen molar-refractivity contribution < 1.29 is 14.8 Å². The van der Waals surface area contributed by atoms with E-state index in [1.54, 1.807) is 6.08 Å². The van der Waals surface area contributed by atoms with E-state index in [-0.39, 0.29) is 11.6 Å². The van der Waals surface area contributed by atoms with Crippen molar-refractivity contribution in [2.24, 2.45) is 11.7 Å². The van der Waals surface area contributed by atoms with Crippen molar-refractivity contribution in [3.8, 4) is 0 Å². The monoisotopic (exact) mass is 212 g/mol. The van der Waals surface area contributed by atoms with E-state index in [0.717, 1.165) is 0 Å². The second-order valence-electron chi connectivity index (χ2n) is 3.42. The molecule has 0 spiro atoms. The molecule has 6 nitrogen and oxygen atoms in total. The van der Waals surface area contributed by atoms with Crippen LogP contribution < -0.4 is 5.73 Å². The van der Waals surface area contributed by atoms with Crippen molar-refractivity contribution >= 4 is 5.97 Å². The summed E-state index contributed by atoms with van der Waals surface area (Å²) in [4.78, 5) is 20.4. The zero-order chi connectivity index (χ0) is 11.4. The van der Waals surface area contributed by atoms with Crippen LogP contribution in [0.25, 0.3) is 0 Å². The van der Waals surface area contributed by atoms with Gasteiger partial charge in [-0.2, -0.15) is 0 Å². The van der Waals surface area contributed by atoms with Gasteiger partial charge in [0.05, 0.1) is 4.92 Å². The Morgan fingerprint density at radius 3 is 2.87 bits per heavy atom. The zero-order valence-electron chi connectivity index (χ0n) is 8.00. The van der Waals surface area contributed by atoms with Crippen molar-refractivity contribution in [1.29, 1.82) is 0 Å². The van der Waals surface area contributed by atoms with E-state index in [0.29, 0.717) is 12.8 Å². The summed E-state index contributed by atoms with van der Waals surface area (Å²) in [5.74, 6) is -1.08. The molecule has 1 aliphatic rings. The number of hydrogen-bond donors (Lipinski definition) is 2. The Morgan fingerprint density at radius 1 is 1.80 bits per heavy atom. The Balaban J connectivity index is 2.49. The molecule has 6 heteroatoms. The van der Waals surface area contributed by atoms with Crippen LogP contribution in [0.1, 0.15) is 12.8 Å². The van der Waals surface area contributed by atoms with Gasteiger partial charge in [0.25, 0.3) is 5.70 Å². The summed E-state index contributed by atoms with van der Waals surface area (Å²) in [5, 5.41) is 18.9.